The molecule has 1 amide bonds. The van der Waals surface area contributed by atoms with Gasteiger partial charge in [-0.1, -0.05) is 60.1 Å². The summed E-state index contributed by atoms with van der Waals surface area (Å²) in [4.78, 5) is 31.6. The lowest BCUT2D eigenvalue weighted by Crippen LogP contribution is -2.26. The van der Waals surface area contributed by atoms with E-state index in [4.69, 9.17) is 16.3 Å². The summed E-state index contributed by atoms with van der Waals surface area (Å²) in [6.45, 7) is 0. The number of alkyl halides is 3. The van der Waals surface area contributed by atoms with E-state index in [9.17, 15) is 22.8 Å². The number of amides is 1. The highest BCUT2D eigenvalue weighted by atomic mass is 35.5. The molecule has 0 saturated carbocycles. The molecule has 1 aliphatic rings. The van der Waals surface area contributed by atoms with Crippen LogP contribution >= 0.6 is 11.6 Å². The average molecular weight is 525 g/mol. The minimum atomic E-state index is -4.70. The minimum absolute atomic E-state index is 0.131. The highest BCUT2D eigenvalue weighted by Crippen LogP contribution is 2.37. The molecule has 188 valence electrons. The van der Waals surface area contributed by atoms with Gasteiger partial charge in [0.1, 0.15) is 0 Å². The van der Waals surface area contributed by atoms with Crippen molar-refractivity contribution in [3.63, 3.8) is 0 Å². The maximum Gasteiger partial charge on any atom is 0.417 e. The maximum atomic E-state index is 13.6. The fraction of sp³-hybridized carbons (Fsp3) is 0.179. The van der Waals surface area contributed by atoms with E-state index in [1.807, 2.05) is 12.1 Å². The topological polar surface area (TPSA) is 68.3 Å². The number of hydrogen-bond acceptors (Lipinski definition) is 4. The molecule has 0 unspecified atom stereocenters. The molecular formula is C28H20ClF3N2O3. The second kappa shape index (κ2) is 9.86. The van der Waals surface area contributed by atoms with Gasteiger partial charge in [0.2, 0.25) is 6.10 Å². The fourth-order valence-corrected chi connectivity index (χ4v) is 4.76. The number of aromatic nitrogens is 1. The molecule has 0 radical (unpaired) electrons. The molecule has 0 aliphatic heterocycles. The molecule has 1 heterocycles. The third-order valence-corrected chi connectivity index (χ3v) is 6.56. The van der Waals surface area contributed by atoms with Gasteiger partial charge in [0.15, 0.2) is 0 Å². The van der Waals surface area contributed by atoms with Crippen LogP contribution in [0.25, 0.3) is 10.9 Å². The average Bonchev–Trinajstić information content (AvgIpc) is 3.34. The Hall–Kier alpha value is -3.91. The molecule has 1 N–H and O–H groups in total. The number of nitrogens with zero attached hydrogens (tertiary/aromatic N) is 1. The zero-order chi connectivity index (χ0) is 26.2. The van der Waals surface area contributed by atoms with Gasteiger partial charge in [-0.15, -0.1) is 0 Å². The molecular weight excluding hydrogens is 505 g/mol. The SMILES string of the molecule is O=C(O[C@@H](C(=O)Nc1ccc(Cl)c(C(F)(F)F)c1)c1ccccc1)c1c2c(nc3ccccc13)CCC2. The summed E-state index contributed by atoms with van der Waals surface area (Å²) in [5.41, 5.74) is 1.78. The Morgan fingerprint density at radius 2 is 1.70 bits per heavy atom. The number of anilines is 1. The monoisotopic (exact) mass is 524 g/mol. The van der Waals surface area contributed by atoms with Gasteiger partial charge in [0.05, 0.1) is 21.7 Å². The summed E-state index contributed by atoms with van der Waals surface area (Å²) in [6, 6.07) is 18.6. The number of carbonyl (C=O) groups is 2. The Bertz CT molecular complexity index is 1510. The molecule has 5 nitrogen and oxygen atoms in total. The zero-order valence-corrected chi connectivity index (χ0v) is 20.1. The number of para-hydroxylation sites is 1. The number of hydrogen-bond donors (Lipinski definition) is 1. The zero-order valence-electron chi connectivity index (χ0n) is 19.3. The van der Waals surface area contributed by atoms with Crippen LogP contribution in [-0.4, -0.2) is 16.9 Å². The largest absolute Gasteiger partial charge is 0.444 e. The van der Waals surface area contributed by atoms with Crippen LogP contribution in [-0.2, 0) is 28.5 Å². The number of pyridine rings is 1. The number of aryl methyl sites for hydroxylation is 1. The van der Waals surface area contributed by atoms with Crippen molar-refractivity contribution in [2.45, 2.75) is 31.5 Å². The lowest BCUT2D eigenvalue weighted by atomic mass is 10.0. The van der Waals surface area contributed by atoms with Crippen molar-refractivity contribution in [1.29, 1.82) is 0 Å². The molecule has 9 heteroatoms. The summed E-state index contributed by atoms with van der Waals surface area (Å²) in [6.07, 6.45) is -3.87. The van der Waals surface area contributed by atoms with Gasteiger partial charge in [-0.3, -0.25) is 9.78 Å². The molecule has 0 saturated heterocycles. The number of esters is 1. The van der Waals surface area contributed by atoms with Crippen molar-refractivity contribution in [3.8, 4) is 0 Å². The van der Waals surface area contributed by atoms with E-state index in [0.717, 1.165) is 36.2 Å². The third-order valence-electron chi connectivity index (χ3n) is 6.23. The van der Waals surface area contributed by atoms with Crippen LogP contribution in [0.3, 0.4) is 0 Å². The Balaban J connectivity index is 1.50. The summed E-state index contributed by atoms with van der Waals surface area (Å²) in [5.74, 6) is -1.50. The third kappa shape index (κ3) is 5.02. The van der Waals surface area contributed by atoms with Crippen LogP contribution in [0.1, 0.15) is 45.3 Å². The van der Waals surface area contributed by atoms with E-state index in [1.165, 1.54) is 6.07 Å². The second-order valence-electron chi connectivity index (χ2n) is 8.66. The first-order valence-corrected chi connectivity index (χ1v) is 11.9. The van der Waals surface area contributed by atoms with Crippen LogP contribution in [0.2, 0.25) is 5.02 Å². The predicted octanol–water partition coefficient (Wildman–Crippen LogP) is 6.93. The smallest absolute Gasteiger partial charge is 0.417 e. The molecule has 1 aromatic heterocycles. The van der Waals surface area contributed by atoms with Gasteiger partial charge < -0.3 is 10.1 Å². The fourth-order valence-electron chi connectivity index (χ4n) is 4.54. The van der Waals surface area contributed by atoms with Crippen molar-refractivity contribution < 1.29 is 27.5 Å². The van der Waals surface area contributed by atoms with Gasteiger partial charge in [-0.25, -0.2) is 4.79 Å². The molecule has 4 aromatic rings. The number of ether oxygens (including phenoxy) is 1. The van der Waals surface area contributed by atoms with Gasteiger partial charge >= 0.3 is 12.1 Å². The molecule has 0 bridgehead atoms. The summed E-state index contributed by atoms with van der Waals surface area (Å²) in [5, 5.41) is 2.57. The number of nitrogens with one attached hydrogen (secondary N) is 1. The molecule has 37 heavy (non-hydrogen) atoms. The van der Waals surface area contributed by atoms with Gasteiger partial charge in [0, 0.05) is 22.3 Å². The minimum Gasteiger partial charge on any atom is -0.444 e. The molecule has 0 spiro atoms. The normalized spacial score (nSPS) is 13.7. The van der Waals surface area contributed by atoms with Crippen LogP contribution in [0.15, 0.2) is 72.8 Å². The Morgan fingerprint density at radius 1 is 0.973 bits per heavy atom. The molecule has 3 aromatic carbocycles. The van der Waals surface area contributed by atoms with Crippen molar-refractivity contribution in [3.05, 3.63) is 106 Å². The van der Waals surface area contributed by atoms with Crippen LogP contribution < -0.4 is 5.32 Å². The van der Waals surface area contributed by atoms with Gasteiger partial charge in [0.25, 0.3) is 5.91 Å². The van der Waals surface area contributed by atoms with Crippen molar-refractivity contribution >= 4 is 40.1 Å². The molecule has 5 rings (SSSR count). The lowest BCUT2D eigenvalue weighted by Gasteiger charge is -2.20. The Morgan fingerprint density at radius 3 is 2.46 bits per heavy atom. The van der Waals surface area contributed by atoms with E-state index >= 15 is 0 Å². The first kappa shape index (κ1) is 24.8. The van der Waals surface area contributed by atoms with Crippen LogP contribution in [0, 0.1) is 0 Å². The first-order chi connectivity index (χ1) is 17.7. The predicted molar refractivity (Wildman–Crippen MR) is 133 cm³/mol. The van der Waals surface area contributed by atoms with E-state index in [2.05, 4.69) is 10.3 Å². The number of carbonyl (C=O) groups excluding carboxylic acids is 2. The van der Waals surface area contributed by atoms with Crippen molar-refractivity contribution in [1.82, 2.24) is 4.98 Å². The molecule has 1 atom stereocenters. The van der Waals surface area contributed by atoms with E-state index in [-0.39, 0.29) is 5.69 Å². The van der Waals surface area contributed by atoms with Crippen LogP contribution in [0.5, 0.6) is 0 Å². The first-order valence-electron chi connectivity index (χ1n) is 11.6. The number of fused-ring (bicyclic) bond motifs is 2. The van der Waals surface area contributed by atoms with Gasteiger partial charge in [-0.05, 0) is 49.1 Å². The Kier molecular flexibility index (Phi) is 6.60. The number of rotatable bonds is 5. The van der Waals surface area contributed by atoms with E-state index in [0.29, 0.717) is 28.5 Å². The number of benzene rings is 3. The van der Waals surface area contributed by atoms with Crippen molar-refractivity contribution in [2.24, 2.45) is 0 Å². The highest BCUT2D eigenvalue weighted by molar-refractivity contribution is 6.31. The number of halogens is 4. The summed E-state index contributed by atoms with van der Waals surface area (Å²) < 4.78 is 45.7. The highest BCUT2D eigenvalue weighted by Gasteiger charge is 2.34. The quantitative estimate of drug-likeness (QED) is 0.287. The maximum absolute atomic E-state index is 13.6. The van der Waals surface area contributed by atoms with Crippen molar-refractivity contribution in [2.75, 3.05) is 5.32 Å². The molecule has 0 fully saturated rings. The van der Waals surface area contributed by atoms with E-state index < -0.39 is 34.7 Å². The van der Waals surface area contributed by atoms with Crippen LogP contribution in [0.4, 0.5) is 18.9 Å². The second-order valence-corrected chi connectivity index (χ2v) is 9.07. The van der Waals surface area contributed by atoms with Gasteiger partial charge in [-0.2, -0.15) is 13.2 Å². The summed E-state index contributed by atoms with van der Waals surface area (Å²) in [7, 11) is 0. The van der Waals surface area contributed by atoms with E-state index in [1.54, 1.807) is 42.5 Å². The lowest BCUT2D eigenvalue weighted by molar-refractivity contribution is -0.137. The molecule has 1 aliphatic carbocycles. The standard InChI is InChI=1S/C28H20ClF3N2O3/c29-21-14-13-17(15-20(21)28(30,31)32)33-26(35)25(16-7-2-1-3-8-16)37-27(36)24-18-9-4-5-11-22(18)34-23-12-6-10-19(23)24/h1-5,7-9,11,13-15,25H,6,10,12H2,(H,33,35)/t25-/m1/s1. The Labute approximate surface area is 215 Å². The summed E-state index contributed by atoms with van der Waals surface area (Å²) >= 11 is 5.70.